The highest BCUT2D eigenvalue weighted by Gasteiger charge is 2.07. The Morgan fingerprint density at radius 2 is 2.06 bits per heavy atom. The molecule has 0 aliphatic rings. The van der Waals surface area contributed by atoms with Crippen LogP contribution in [0.25, 0.3) is 0 Å². The van der Waals surface area contributed by atoms with Gasteiger partial charge in [-0.1, -0.05) is 12.1 Å². The lowest BCUT2D eigenvalue weighted by molar-refractivity contribution is -0.140. The van der Waals surface area contributed by atoms with Crippen LogP contribution in [0, 0.1) is 22.7 Å². The van der Waals surface area contributed by atoms with E-state index in [-0.39, 0.29) is 5.97 Å². The van der Waals surface area contributed by atoms with Crippen molar-refractivity contribution in [2.75, 3.05) is 7.11 Å². The number of methoxy groups -OCH3 is 1. The summed E-state index contributed by atoms with van der Waals surface area (Å²) in [5.41, 5.74) is 1.71. The van der Waals surface area contributed by atoms with Crippen molar-refractivity contribution in [2.45, 2.75) is 25.7 Å². The Bertz CT molecular complexity index is 510. The van der Waals surface area contributed by atoms with Gasteiger partial charge >= 0.3 is 5.97 Å². The average Bonchev–Trinajstić information content (AvgIpc) is 2.42. The molecule has 0 saturated heterocycles. The van der Waals surface area contributed by atoms with Crippen LogP contribution >= 0.6 is 0 Å². The maximum Gasteiger partial charge on any atom is 0.305 e. The van der Waals surface area contributed by atoms with Gasteiger partial charge in [-0.2, -0.15) is 10.5 Å². The van der Waals surface area contributed by atoms with Crippen molar-refractivity contribution in [3.63, 3.8) is 0 Å². The molecule has 4 nitrogen and oxygen atoms in total. The smallest absolute Gasteiger partial charge is 0.305 e. The molecule has 0 bridgehead atoms. The molecule has 0 aliphatic carbocycles. The van der Waals surface area contributed by atoms with Gasteiger partial charge in [0.2, 0.25) is 0 Å². The third-order valence-electron chi connectivity index (χ3n) is 2.69. The van der Waals surface area contributed by atoms with Gasteiger partial charge in [-0.25, -0.2) is 0 Å². The third-order valence-corrected chi connectivity index (χ3v) is 2.69. The van der Waals surface area contributed by atoms with Crippen LogP contribution in [0.15, 0.2) is 18.2 Å². The summed E-state index contributed by atoms with van der Waals surface area (Å²) in [7, 11) is 1.37. The van der Waals surface area contributed by atoms with E-state index in [0.29, 0.717) is 30.4 Å². The highest BCUT2D eigenvalue weighted by Crippen LogP contribution is 2.16. The molecular weight excluding hydrogens is 228 g/mol. The van der Waals surface area contributed by atoms with Gasteiger partial charge in [-0.15, -0.1) is 0 Å². The zero-order valence-electron chi connectivity index (χ0n) is 10.3. The van der Waals surface area contributed by atoms with Crippen LogP contribution in [0.3, 0.4) is 0 Å². The van der Waals surface area contributed by atoms with E-state index in [1.165, 1.54) is 7.11 Å². The number of hydrogen-bond acceptors (Lipinski definition) is 4. The number of aryl methyl sites for hydroxylation is 1. The zero-order valence-corrected chi connectivity index (χ0v) is 10.3. The molecule has 4 heteroatoms. The van der Waals surface area contributed by atoms with E-state index in [9.17, 15) is 4.79 Å². The van der Waals surface area contributed by atoms with Crippen LogP contribution in [0.4, 0.5) is 0 Å². The SMILES string of the molecule is COC(=O)CCCCc1cccc(C#N)c1C#N. The number of ether oxygens (including phenoxy) is 1. The van der Waals surface area contributed by atoms with Gasteiger partial charge in [0.05, 0.1) is 18.2 Å². The molecule has 1 aromatic carbocycles. The molecule has 92 valence electrons. The third kappa shape index (κ3) is 3.61. The fraction of sp³-hybridized carbons (Fsp3) is 0.357. The fourth-order valence-electron chi connectivity index (χ4n) is 1.72. The maximum atomic E-state index is 10.9. The second-order valence-corrected chi connectivity index (χ2v) is 3.85. The molecule has 0 amide bonds. The van der Waals surface area contributed by atoms with E-state index < -0.39 is 0 Å². The highest BCUT2D eigenvalue weighted by molar-refractivity contribution is 5.69. The Kier molecular flexibility index (Phi) is 5.41. The maximum absolute atomic E-state index is 10.9. The fourth-order valence-corrected chi connectivity index (χ4v) is 1.72. The molecule has 1 aromatic rings. The van der Waals surface area contributed by atoms with E-state index in [2.05, 4.69) is 10.8 Å². The number of carbonyl (C=O) groups is 1. The minimum absolute atomic E-state index is 0.221. The van der Waals surface area contributed by atoms with Gasteiger partial charge in [0, 0.05) is 6.42 Å². The molecule has 1 rings (SSSR count). The molecule has 0 atom stereocenters. The average molecular weight is 242 g/mol. The molecule has 0 unspecified atom stereocenters. The van der Waals surface area contributed by atoms with Crippen molar-refractivity contribution in [3.05, 3.63) is 34.9 Å². The topological polar surface area (TPSA) is 73.9 Å². The van der Waals surface area contributed by atoms with Gasteiger partial charge in [0.25, 0.3) is 0 Å². The Morgan fingerprint density at radius 3 is 2.67 bits per heavy atom. The second kappa shape index (κ2) is 7.09. The lowest BCUT2D eigenvalue weighted by Crippen LogP contribution is -2.00. The standard InChI is InChI=1S/C14H14N2O2/c1-18-14(17)8-3-2-5-11-6-4-7-12(9-15)13(11)10-16/h4,6-7H,2-3,5,8H2,1H3. The molecule has 0 radical (unpaired) electrons. The normalized spacial score (nSPS) is 9.28. The largest absolute Gasteiger partial charge is 0.469 e. The lowest BCUT2D eigenvalue weighted by atomic mass is 9.98. The first-order valence-corrected chi connectivity index (χ1v) is 5.71. The number of unbranched alkanes of at least 4 members (excludes halogenated alkanes) is 1. The van der Waals surface area contributed by atoms with Gasteiger partial charge in [-0.05, 0) is 30.9 Å². The summed E-state index contributed by atoms with van der Waals surface area (Å²) in [6, 6.07) is 9.32. The lowest BCUT2D eigenvalue weighted by Gasteiger charge is -2.05. The monoisotopic (exact) mass is 242 g/mol. The highest BCUT2D eigenvalue weighted by atomic mass is 16.5. The van der Waals surface area contributed by atoms with Crippen LogP contribution < -0.4 is 0 Å². The number of benzene rings is 1. The van der Waals surface area contributed by atoms with Crippen LogP contribution in [0.2, 0.25) is 0 Å². The van der Waals surface area contributed by atoms with Gasteiger partial charge in [0.15, 0.2) is 0 Å². The van der Waals surface area contributed by atoms with Crippen LogP contribution in [0.5, 0.6) is 0 Å². The summed E-state index contributed by atoms with van der Waals surface area (Å²) >= 11 is 0. The molecule has 0 saturated carbocycles. The van der Waals surface area contributed by atoms with E-state index in [1.807, 2.05) is 12.1 Å². The van der Waals surface area contributed by atoms with Gasteiger partial charge in [0.1, 0.15) is 12.1 Å². The van der Waals surface area contributed by atoms with Crippen LogP contribution in [-0.4, -0.2) is 13.1 Å². The molecule has 0 spiro atoms. The summed E-state index contributed by atoms with van der Waals surface area (Å²) < 4.78 is 4.55. The van der Waals surface area contributed by atoms with Crippen molar-refractivity contribution in [2.24, 2.45) is 0 Å². The number of hydrogen-bond donors (Lipinski definition) is 0. The van der Waals surface area contributed by atoms with Crippen molar-refractivity contribution >= 4 is 5.97 Å². The number of esters is 1. The van der Waals surface area contributed by atoms with E-state index in [1.54, 1.807) is 12.1 Å². The molecule has 18 heavy (non-hydrogen) atoms. The minimum atomic E-state index is -0.221. The minimum Gasteiger partial charge on any atom is -0.469 e. The number of carbonyl (C=O) groups excluding carboxylic acids is 1. The number of rotatable bonds is 5. The Labute approximate surface area is 106 Å². The molecule has 0 fully saturated rings. The van der Waals surface area contributed by atoms with E-state index >= 15 is 0 Å². The predicted molar refractivity (Wildman–Crippen MR) is 65.4 cm³/mol. The molecule has 0 N–H and O–H groups in total. The Hall–Kier alpha value is -2.33. The van der Waals surface area contributed by atoms with Crippen molar-refractivity contribution in [1.29, 1.82) is 10.5 Å². The van der Waals surface area contributed by atoms with Crippen molar-refractivity contribution < 1.29 is 9.53 Å². The first kappa shape index (κ1) is 13.7. The first-order valence-electron chi connectivity index (χ1n) is 5.71. The van der Waals surface area contributed by atoms with Gasteiger partial charge < -0.3 is 4.74 Å². The summed E-state index contributed by atoms with van der Waals surface area (Å²) in [5.74, 6) is -0.221. The summed E-state index contributed by atoms with van der Waals surface area (Å²) in [4.78, 5) is 10.9. The van der Waals surface area contributed by atoms with Gasteiger partial charge in [-0.3, -0.25) is 4.79 Å². The predicted octanol–water partition coefficient (Wildman–Crippen LogP) is 2.32. The molecule has 0 aliphatic heterocycles. The van der Waals surface area contributed by atoms with E-state index in [4.69, 9.17) is 10.5 Å². The number of nitrogens with zero attached hydrogens (tertiary/aromatic N) is 2. The van der Waals surface area contributed by atoms with E-state index in [0.717, 1.165) is 12.0 Å². The molecular formula is C14H14N2O2. The molecule has 0 heterocycles. The summed E-state index contributed by atoms with van der Waals surface area (Å²) in [6.45, 7) is 0. The second-order valence-electron chi connectivity index (χ2n) is 3.85. The molecule has 0 aromatic heterocycles. The van der Waals surface area contributed by atoms with Crippen molar-refractivity contribution in [3.8, 4) is 12.1 Å². The Morgan fingerprint density at radius 1 is 1.28 bits per heavy atom. The number of nitriles is 2. The van der Waals surface area contributed by atoms with Crippen molar-refractivity contribution in [1.82, 2.24) is 0 Å². The quantitative estimate of drug-likeness (QED) is 0.586. The van der Waals surface area contributed by atoms with Crippen LogP contribution in [0.1, 0.15) is 36.0 Å². The Balaban J connectivity index is 2.61. The van der Waals surface area contributed by atoms with Crippen LogP contribution in [-0.2, 0) is 16.0 Å². The summed E-state index contributed by atoms with van der Waals surface area (Å²) in [5, 5.41) is 17.9. The zero-order chi connectivity index (χ0) is 13.4. The summed E-state index contributed by atoms with van der Waals surface area (Å²) in [6.07, 6.45) is 2.58. The first-order chi connectivity index (χ1) is 8.72.